The third-order valence-corrected chi connectivity index (χ3v) is 3.58. The maximum atomic E-state index is 10.3. The first-order valence-corrected chi connectivity index (χ1v) is 7.70. The van der Waals surface area contributed by atoms with E-state index in [1.165, 1.54) is 0 Å². The van der Waals surface area contributed by atoms with E-state index in [0.717, 1.165) is 5.56 Å². The number of ether oxygens (including phenoxy) is 1. The van der Waals surface area contributed by atoms with E-state index in [0.29, 0.717) is 36.8 Å². The highest BCUT2D eigenvalue weighted by atomic mass is 16.5. The molecule has 6 heteroatoms. The van der Waals surface area contributed by atoms with Crippen LogP contribution in [0.4, 0.5) is 5.69 Å². The first-order chi connectivity index (χ1) is 10.9. The van der Waals surface area contributed by atoms with Gasteiger partial charge in [-0.25, -0.2) is 0 Å². The van der Waals surface area contributed by atoms with E-state index in [-0.39, 0.29) is 6.17 Å². The number of allylic oxidation sites excluding steroid dienone is 1. The van der Waals surface area contributed by atoms with Gasteiger partial charge < -0.3 is 25.8 Å². The van der Waals surface area contributed by atoms with Crippen LogP contribution in [-0.2, 0) is 4.74 Å². The second-order valence-electron chi connectivity index (χ2n) is 6.18. The summed E-state index contributed by atoms with van der Waals surface area (Å²) in [6.07, 6.45) is -0.217. The second-order valence-corrected chi connectivity index (χ2v) is 6.18. The van der Waals surface area contributed by atoms with Gasteiger partial charge in [-0.15, -0.1) is 0 Å². The van der Waals surface area contributed by atoms with Crippen LogP contribution < -0.4 is 11.1 Å². The van der Waals surface area contributed by atoms with Crippen LogP contribution in [0, 0.1) is 11.3 Å². The number of hydrogen-bond acceptors (Lipinski definition) is 6. The molecule has 1 aromatic carbocycles. The Morgan fingerprint density at radius 1 is 1.43 bits per heavy atom. The molecule has 0 amide bonds. The first kappa shape index (κ1) is 17.1. The molecule has 124 valence electrons. The largest absolute Gasteiger partial charge is 0.398 e. The molecule has 0 radical (unpaired) electrons. The van der Waals surface area contributed by atoms with Gasteiger partial charge in [-0.3, -0.25) is 0 Å². The third kappa shape index (κ3) is 3.95. The first-order valence-electron chi connectivity index (χ1n) is 7.70. The van der Waals surface area contributed by atoms with Gasteiger partial charge >= 0.3 is 0 Å². The van der Waals surface area contributed by atoms with Crippen molar-refractivity contribution in [3.8, 4) is 6.07 Å². The molecule has 0 aromatic heterocycles. The van der Waals surface area contributed by atoms with E-state index in [4.69, 9.17) is 10.5 Å². The van der Waals surface area contributed by atoms with Crippen molar-refractivity contribution in [2.75, 3.05) is 25.5 Å². The van der Waals surface area contributed by atoms with E-state index in [2.05, 4.69) is 11.4 Å². The lowest BCUT2D eigenvalue weighted by atomic mass is 10.0. The standard InChI is InChI=1S/C17H24N4O2/c1-4-23-10-15-20-14(9-18)16(21(15)11-17(2,3)22)12-7-5-6-8-13(12)19/h5-8,15,20,22H,4,10-11,19H2,1-3H3. The number of nitrogen functional groups attached to an aromatic ring is 1. The Kier molecular flexibility index (Phi) is 5.14. The van der Waals surface area contributed by atoms with Gasteiger partial charge in [-0.2, -0.15) is 5.26 Å². The molecule has 1 aliphatic rings. The van der Waals surface area contributed by atoms with Gasteiger partial charge in [0, 0.05) is 24.4 Å². The fourth-order valence-corrected chi connectivity index (χ4v) is 2.67. The number of nitrogens with zero attached hydrogens (tertiary/aromatic N) is 2. The van der Waals surface area contributed by atoms with Crippen molar-refractivity contribution in [2.24, 2.45) is 0 Å². The number of nitriles is 1. The summed E-state index contributed by atoms with van der Waals surface area (Å²) in [7, 11) is 0. The van der Waals surface area contributed by atoms with E-state index in [9.17, 15) is 10.4 Å². The molecule has 0 bridgehead atoms. The summed E-state index contributed by atoms with van der Waals surface area (Å²) in [6, 6.07) is 9.61. The maximum absolute atomic E-state index is 10.3. The highest BCUT2D eigenvalue weighted by Gasteiger charge is 2.35. The van der Waals surface area contributed by atoms with Crippen LogP contribution in [-0.4, -0.2) is 41.5 Å². The molecule has 1 heterocycles. The molecular weight excluding hydrogens is 292 g/mol. The zero-order valence-electron chi connectivity index (χ0n) is 13.8. The Labute approximate surface area is 137 Å². The predicted octanol–water partition coefficient (Wildman–Crippen LogP) is 1.50. The summed E-state index contributed by atoms with van der Waals surface area (Å²) in [4.78, 5) is 1.96. The predicted molar refractivity (Wildman–Crippen MR) is 89.8 cm³/mol. The lowest BCUT2D eigenvalue weighted by Gasteiger charge is -2.34. The molecule has 1 aromatic rings. The van der Waals surface area contributed by atoms with Crippen molar-refractivity contribution in [3.05, 3.63) is 35.5 Å². The Morgan fingerprint density at radius 3 is 2.70 bits per heavy atom. The third-order valence-electron chi connectivity index (χ3n) is 3.58. The molecule has 0 spiro atoms. The van der Waals surface area contributed by atoms with E-state index in [1.807, 2.05) is 30.0 Å². The number of aliphatic hydroxyl groups is 1. The molecule has 6 nitrogen and oxygen atoms in total. The molecule has 2 rings (SSSR count). The van der Waals surface area contributed by atoms with Gasteiger partial charge in [0.1, 0.15) is 17.9 Å². The van der Waals surface area contributed by atoms with Crippen LogP contribution in [0.3, 0.4) is 0 Å². The second kappa shape index (κ2) is 6.90. The molecule has 0 aliphatic carbocycles. The zero-order valence-corrected chi connectivity index (χ0v) is 13.8. The summed E-state index contributed by atoms with van der Waals surface area (Å²) in [5, 5.41) is 23.0. The summed E-state index contributed by atoms with van der Waals surface area (Å²) in [6.45, 7) is 6.74. The number of hydrogen-bond donors (Lipinski definition) is 3. The average molecular weight is 316 g/mol. The Balaban J connectivity index is 2.44. The highest BCUT2D eigenvalue weighted by molar-refractivity contribution is 5.79. The van der Waals surface area contributed by atoms with Crippen molar-refractivity contribution < 1.29 is 9.84 Å². The Morgan fingerprint density at radius 2 is 2.13 bits per heavy atom. The number of benzene rings is 1. The van der Waals surface area contributed by atoms with Crippen LogP contribution in [0.2, 0.25) is 0 Å². The summed E-state index contributed by atoms with van der Waals surface area (Å²) in [5.74, 6) is 0. The number of rotatable bonds is 6. The van der Waals surface area contributed by atoms with E-state index >= 15 is 0 Å². The molecule has 1 unspecified atom stereocenters. The smallest absolute Gasteiger partial charge is 0.139 e. The van der Waals surface area contributed by atoms with Gasteiger partial charge in [0.25, 0.3) is 0 Å². The minimum absolute atomic E-state index is 0.217. The van der Waals surface area contributed by atoms with Crippen molar-refractivity contribution in [2.45, 2.75) is 32.5 Å². The lowest BCUT2D eigenvalue weighted by Crippen LogP contribution is -2.47. The van der Waals surface area contributed by atoms with Crippen LogP contribution in [0.15, 0.2) is 30.0 Å². The number of para-hydroxylation sites is 1. The van der Waals surface area contributed by atoms with Gasteiger partial charge in [0.15, 0.2) is 0 Å². The van der Waals surface area contributed by atoms with Crippen LogP contribution in [0.1, 0.15) is 26.3 Å². The SMILES string of the molecule is CCOCC1NC(C#N)=C(c2ccccc2N)N1CC(C)(C)O. The number of anilines is 1. The molecule has 0 saturated heterocycles. The van der Waals surface area contributed by atoms with Crippen LogP contribution >= 0.6 is 0 Å². The zero-order chi connectivity index (χ0) is 17.0. The Bertz CT molecular complexity index is 628. The number of nitrogens with two attached hydrogens (primary N) is 1. The number of β-amino-alcohol motifs (C(OH)–C–C–N with tert-alkyl or cyclic N) is 1. The molecular formula is C17H24N4O2. The fraction of sp³-hybridized carbons (Fsp3) is 0.471. The van der Waals surface area contributed by atoms with Gasteiger partial charge in [-0.1, -0.05) is 18.2 Å². The molecule has 0 fully saturated rings. The quantitative estimate of drug-likeness (QED) is 0.689. The minimum atomic E-state index is -0.925. The monoisotopic (exact) mass is 316 g/mol. The van der Waals surface area contributed by atoms with E-state index in [1.54, 1.807) is 19.9 Å². The topological polar surface area (TPSA) is 94.5 Å². The average Bonchev–Trinajstić information content (AvgIpc) is 2.81. The highest BCUT2D eigenvalue weighted by Crippen LogP contribution is 2.33. The van der Waals surface area contributed by atoms with E-state index < -0.39 is 5.60 Å². The van der Waals surface area contributed by atoms with Crippen molar-refractivity contribution in [1.29, 1.82) is 5.26 Å². The molecule has 23 heavy (non-hydrogen) atoms. The lowest BCUT2D eigenvalue weighted by molar-refractivity contribution is 0.0231. The summed E-state index contributed by atoms with van der Waals surface area (Å²) >= 11 is 0. The van der Waals surface area contributed by atoms with Crippen LogP contribution in [0.5, 0.6) is 0 Å². The molecule has 1 aliphatic heterocycles. The van der Waals surface area contributed by atoms with Crippen molar-refractivity contribution >= 4 is 11.4 Å². The van der Waals surface area contributed by atoms with Crippen molar-refractivity contribution in [1.82, 2.24) is 10.2 Å². The molecule has 1 atom stereocenters. The van der Waals surface area contributed by atoms with Crippen molar-refractivity contribution in [3.63, 3.8) is 0 Å². The molecule has 4 N–H and O–H groups in total. The van der Waals surface area contributed by atoms with Gasteiger partial charge in [0.05, 0.1) is 17.9 Å². The van der Waals surface area contributed by atoms with Gasteiger partial charge in [-0.05, 0) is 26.8 Å². The normalized spacial score (nSPS) is 18.0. The van der Waals surface area contributed by atoms with Gasteiger partial charge in [0.2, 0.25) is 0 Å². The number of nitrogens with one attached hydrogen (secondary N) is 1. The fourth-order valence-electron chi connectivity index (χ4n) is 2.67. The summed E-state index contributed by atoms with van der Waals surface area (Å²) in [5.41, 5.74) is 7.69. The maximum Gasteiger partial charge on any atom is 0.139 e. The van der Waals surface area contributed by atoms with Crippen LogP contribution in [0.25, 0.3) is 5.70 Å². The Hall–Kier alpha value is -2.23. The summed E-state index contributed by atoms with van der Waals surface area (Å²) < 4.78 is 5.52. The molecule has 0 saturated carbocycles. The minimum Gasteiger partial charge on any atom is -0.398 e.